The van der Waals surface area contributed by atoms with Gasteiger partial charge in [0.1, 0.15) is 10.2 Å². The van der Waals surface area contributed by atoms with Crippen LogP contribution in [0.3, 0.4) is 0 Å². The lowest BCUT2D eigenvalue weighted by molar-refractivity contribution is -0.109. The summed E-state index contributed by atoms with van der Waals surface area (Å²) in [6.45, 7) is 1.07. The van der Waals surface area contributed by atoms with Crippen LogP contribution in [0.4, 0.5) is 0 Å². The lowest BCUT2D eigenvalue weighted by Gasteiger charge is -2.27. The van der Waals surface area contributed by atoms with Gasteiger partial charge >= 0.3 is 0 Å². The molecule has 1 atom stereocenters. The summed E-state index contributed by atoms with van der Waals surface area (Å²) in [4.78, 5) is 12.7. The molecule has 2 rings (SSSR count). The Kier molecular flexibility index (Phi) is 9.72. The molecular formula is C11H16Cl3N5OS. The van der Waals surface area contributed by atoms with E-state index in [4.69, 9.17) is 17.3 Å². The Balaban J connectivity index is 0.00000200. The maximum absolute atomic E-state index is 10.7. The quantitative estimate of drug-likeness (QED) is 0.739. The fourth-order valence-corrected chi connectivity index (χ4v) is 3.38. The summed E-state index contributed by atoms with van der Waals surface area (Å²) in [5.74, 6) is 0.603. The smallest absolute Gasteiger partial charge is 0.212 e. The fraction of sp³-hybridized carbons (Fsp3) is 0.364. The van der Waals surface area contributed by atoms with Crippen molar-refractivity contribution >= 4 is 54.6 Å². The number of hydrogen-bond donors (Lipinski definition) is 2. The molecule has 2 heterocycles. The Bertz CT molecular complexity index is 476. The number of nitrogens with one attached hydrogen (secondary N) is 1. The maximum atomic E-state index is 10.7. The molecule has 0 radical (unpaired) electrons. The summed E-state index contributed by atoms with van der Waals surface area (Å²) in [7, 11) is 0. The first-order valence-electron chi connectivity index (χ1n) is 5.76. The Morgan fingerprint density at radius 3 is 2.86 bits per heavy atom. The average molecular weight is 373 g/mol. The largest absolute Gasteiger partial charge is 0.338 e. The van der Waals surface area contributed by atoms with E-state index >= 15 is 0 Å². The van der Waals surface area contributed by atoms with Gasteiger partial charge in [0.15, 0.2) is 0 Å². The van der Waals surface area contributed by atoms with Gasteiger partial charge in [-0.3, -0.25) is 4.79 Å². The van der Waals surface area contributed by atoms with Gasteiger partial charge in [-0.1, -0.05) is 23.4 Å². The van der Waals surface area contributed by atoms with Crippen LogP contribution in [0.25, 0.3) is 0 Å². The topological polar surface area (TPSA) is 84.1 Å². The van der Waals surface area contributed by atoms with Gasteiger partial charge in [-0.05, 0) is 25.1 Å². The summed E-state index contributed by atoms with van der Waals surface area (Å²) >= 11 is 7.64. The molecule has 1 aromatic heterocycles. The molecule has 0 aromatic carbocycles. The number of hydrogen-bond acceptors (Lipinski definition) is 6. The first kappa shape index (κ1) is 20.3. The number of carbonyl (C=O) groups excluding carboxylic acids is 1. The molecule has 0 spiro atoms. The Morgan fingerprint density at radius 1 is 1.52 bits per heavy atom. The van der Waals surface area contributed by atoms with E-state index in [2.05, 4.69) is 15.5 Å². The summed E-state index contributed by atoms with van der Waals surface area (Å²) in [6.07, 6.45) is 3.00. The zero-order valence-electron chi connectivity index (χ0n) is 10.9. The average Bonchev–Trinajstić information content (AvgIpc) is 2.69. The second-order valence-electron chi connectivity index (χ2n) is 3.88. The van der Waals surface area contributed by atoms with Gasteiger partial charge in [0.25, 0.3) is 0 Å². The number of thioether (sulfide) groups is 1. The third-order valence-corrected chi connectivity index (χ3v) is 4.24. The van der Waals surface area contributed by atoms with Gasteiger partial charge in [-0.15, -0.1) is 24.8 Å². The van der Waals surface area contributed by atoms with Crippen LogP contribution in [0.1, 0.15) is 12.1 Å². The molecule has 0 saturated carbocycles. The maximum Gasteiger partial charge on any atom is 0.212 e. The number of amides is 1. The predicted molar refractivity (Wildman–Crippen MR) is 89.2 cm³/mol. The van der Waals surface area contributed by atoms with E-state index in [0.29, 0.717) is 29.7 Å². The minimum atomic E-state index is 0. The SMILES string of the molecule is Cl.Cl.NCCC1SC(Cl)=C(NC=O)N1Cc1cccnn1. The van der Waals surface area contributed by atoms with Crippen molar-refractivity contribution in [3.05, 3.63) is 34.2 Å². The van der Waals surface area contributed by atoms with E-state index in [0.717, 1.165) is 12.1 Å². The van der Waals surface area contributed by atoms with Gasteiger partial charge < -0.3 is 16.0 Å². The molecule has 3 N–H and O–H groups in total. The monoisotopic (exact) mass is 371 g/mol. The summed E-state index contributed by atoms with van der Waals surface area (Å²) in [6, 6.07) is 3.70. The lowest BCUT2D eigenvalue weighted by Crippen LogP contribution is -2.35. The second-order valence-corrected chi connectivity index (χ2v) is 5.67. The van der Waals surface area contributed by atoms with Crippen molar-refractivity contribution in [3.63, 3.8) is 0 Å². The van der Waals surface area contributed by atoms with Crippen LogP contribution in [0.5, 0.6) is 0 Å². The van der Waals surface area contributed by atoms with E-state index in [1.807, 2.05) is 17.0 Å². The molecule has 1 aliphatic rings. The van der Waals surface area contributed by atoms with Crippen LogP contribution >= 0.6 is 48.2 Å². The highest BCUT2D eigenvalue weighted by Crippen LogP contribution is 2.41. The van der Waals surface area contributed by atoms with Gasteiger partial charge in [-0.25, -0.2) is 0 Å². The first-order valence-corrected chi connectivity index (χ1v) is 7.02. The van der Waals surface area contributed by atoms with E-state index in [9.17, 15) is 4.79 Å². The molecule has 0 aliphatic carbocycles. The van der Waals surface area contributed by atoms with Crippen molar-refractivity contribution in [1.82, 2.24) is 20.4 Å². The molecule has 1 unspecified atom stereocenters. The number of nitrogens with two attached hydrogens (primary N) is 1. The van der Waals surface area contributed by atoms with Crippen molar-refractivity contribution < 1.29 is 4.79 Å². The molecule has 21 heavy (non-hydrogen) atoms. The Hall–Kier alpha value is -0.730. The molecule has 10 heteroatoms. The summed E-state index contributed by atoms with van der Waals surface area (Å²) < 4.78 is 0.564. The van der Waals surface area contributed by atoms with Crippen molar-refractivity contribution in [1.29, 1.82) is 0 Å². The van der Waals surface area contributed by atoms with E-state index in [1.54, 1.807) is 6.20 Å². The number of aromatic nitrogens is 2. The van der Waals surface area contributed by atoms with Crippen LogP contribution in [-0.4, -0.2) is 33.4 Å². The third kappa shape index (κ3) is 5.19. The Morgan fingerprint density at radius 2 is 2.29 bits per heavy atom. The highest BCUT2D eigenvalue weighted by atomic mass is 35.5. The van der Waals surface area contributed by atoms with E-state index in [1.165, 1.54) is 11.8 Å². The predicted octanol–water partition coefficient (Wildman–Crippen LogP) is 1.66. The van der Waals surface area contributed by atoms with Gasteiger partial charge in [-0.2, -0.15) is 10.2 Å². The summed E-state index contributed by atoms with van der Waals surface area (Å²) in [5.41, 5.74) is 6.42. The first-order chi connectivity index (χ1) is 9.26. The van der Waals surface area contributed by atoms with Gasteiger partial charge in [0.05, 0.1) is 17.6 Å². The minimum Gasteiger partial charge on any atom is -0.338 e. The van der Waals surface area contributed by atoms with Crippen LogP contribution in [0, 0.1) is 0 Å². The molecule has 6 nitrogen and oxygen atoms in total. The molecular weight excluding hydrogens is 357 g/mol. The normalized spacial score (nSPS) is 17.0. The lowest BCUT2D eigenvalue weighted by atomic mass is 10.3. The van der Waals surface area contributed by atoms with Gasteiger partial charge in [0, 0.05) is 6.20 Å². The highest BCUT2D eigenvalue weighted by molar-refractivity contribution is 8.05. The van der Waals surface area contributed by atoms with Crippen LogP contribution in [-0.2, 0) is 11.3 Å². The van der Waals surface area contributed by atoms with Crippen LogP contribution in [0.2, 0.25) is 0 Å². The molecule has 1 amide bonds. The summed E-state index contributed by atoms with van der Waals surface area (Å²) in [5, 5.41) is 10.6. The van der Waals surface area contributed by atoms with E-state index in [-0.39, 0.29) is 30.2 Å². The van der Waals surface area contributed by atoms with Crippen molar-refractivity contribution in [2.45, 2.75) is 18.3 Å². The zero-order chi connectivity index (χ0) is 13.7. The third-order valence-electron chi connectivity index (χ3n) is 2.63. The number of nitrogens with zero attached hydrogens (tertiary/aromatic N) is 3. The van der Waals surface area contributed by atoms with Crippen molar-refractivity contribution in [3.8, 4) is 0 Å². The molecule has 1 aromatic rings. The molecule has 0 bridgehead atoms. The number of carbonyl (C=O) groups is 1. The number of halogens is 3. The van der Waals surface area contributed by atoms with E-state index < -0.39 is 0 Å². The molecule has 118 valence electrons. The van der Waals surface area contributed by atoms with Crippen molar-refractivity contribution in [2.24, 2.45) is 5.73 Å². The molecule has 0 fully saturated rings. The van der Waals surface area contributed by atoms with Crippen LogP contribution < -0.4 is 11.1 Å². The minimum absolute atomic E-state index is 0. The fourth-order valence-electron chi connectivity index (χ4n) is 1.82. The van der Waals surface area contributed by atoms with Crippen LogP contribution in [0.15, 0.2) is 28.5 Å². The molecule has 0 saturated heterocycles. The zero-order valence-corrected chi connectivity index (χ0v) is 14.1. The molecule has 1 aliphatic heterocycles. The number of rotatable bonds is 6. The Labute approximate surface area is 144 Å². The highest BCUT2D eigenvalue weighted by Gasteiger charge is 2.31. The standard InChI is InChI=1S/C11H14ClN5OS.2ClH/c12-10-11(14-7-18)17(9(19-10)3-4-13)6-8-2-1-5-15-16-8;;/h1-2,5,7,9H,3-4,6,13H2,(H,14,18);2*1H. The van der Waals surface area contributed by atoms with Crippen molar-refractivity contribution in [2.75, 3.05) is 6.54 Å². The second kappa shape index (κ2) is 10.1. The van der Waals surface area contributed by atoms with Gasteiger partial charge in [0.2, 0.25) is 6.41 Å².